The zero-order valence-electron chi connectivity index (χ0n) is 19.5. The van der Waals surface area contributed by atoms with Crippen LogP contribution in [-0.2, 0) is 17.9 Å². The molecule has 2 aromatic rings. The number of hydrogen-bond donors (Lipinski definition) is 1. The molecule has 8 nitrogen and oxygen atoms in total. The van der Waals surface area contributed by atoms with Crippen molar-refractivity contribution in [3.63, 3.8) is 0 Å². The van der Waals surface area contributed by atoms with Gasteiger partial charge < -0.3 is 15.1 Å². The van der Waals surface area contributed by atoms with Gasteiger partial charge >= 0.3 is 0 Å². The number of rotatable bonds is 7. The van der Waals surface area contributed by atoms with Gasteiger partial charge in [0, 0.05) is 38.8 Å². The third-order valence-electron chi connectivity index (χ3n) is 6.36. The molecule has 33 heavy (non-hydrogen) atoms. The van der Waals surface area contributed by atoms with Crippen LogP contribution in [0.5, 0.6) is 0 Å². The highest BCUT2D eigenvalue weighted by Crippen LogP contribution is 2.22. The highest BCUT2D eigenvalue weighted by Gasteiger charge is 2.36. The number of likely N-dealkylation sites (tertiary alicyclic amines) is 1. The first kappa shape index (κ1) is 23.0. The van der Waals surface area contributed by atoms with Gasteiger partial charge in [0.25, 0.3) is 11.8 Å². The van der Waals surface area contributed by atoms with Crippen LogP contribution >= 0.6 is 0 Å². The van der Waals surface area contributed by atoms with Crippen LogP contribution < -0.4 is 5.32 Å². The second-order valence-corrected chi connectivity index (χ2v) is 9.33. The van der Waals surface area contributed by atoms with Gasteiger partial charge in [-0.2, -0.15) is 5.10 Å². The van der Waals surface area contributed by atoms with Gasteiger partial charge in [0.15, 0.2) is 5.69 Å². The zero-order chi connectivity index (χ0) is 23.4. The molecule has 0 bridgehead atoms. The fourth-order valence-corrected chi connectivity index (χ4v) is 4.52. The number of nitrogens with zero attached hydrogens (tertiary/aromatic N) is 4. The van der Waals surface area contributed by atoms with Gasteiger partial charge in [0.1, 0.15) is 11.7 Å². The first-order valence-corrected chi connectivity index (χ1v) is 11.9. The molecular weight excluding hydrogens is 418 g/mol. The molecule has 1 aromatic heterocycles. The molecule has 1 N–H and O–H groups in total. The van der Waals surface area contributed by atoms with Crippen LogP contribution in [0, 0.1) is 5.92 Å². The highest BCUT2D eigenvalue weighted by atomic mass is 16.2. The average Bonchev–Trinajstić information content (AvgIpc) is 3.43. The summed E-state index contributed by atoms with van der Waals surface area (Å²) in [7, 11) is 0. The Morgan fingerprint density at radius 3 is 2.67 bits per heavy atom. The van der Waals surface area contributed by atoms with Crippen molar-refractivity contribution in [2.45, 2.75) is 58.7 Å². The van der Waals surface area contributed by atoms with Gasteiger partial charge in [-0.3, -0.25) is 19.1 Å². The summed E-state index contributed by atoms with van der Waals surface area (Å²) in [5.41, 5.74) is 1.74. The van der Waals surface area contributed by atoms with Crippen molar-refractivity contribution in [3.8, 4) is 0 Å². The third kappa shape index (κ3) is 5.26. The maximum atomic E-state index is 13.3. The topological polar surface area (TPSA) is 87.5 Å². The molecule has 1 fully saturated rings. The van der Waals surface area contributed by atoms with E-state index in [9.17, 15) is 14.4 Å². The van der Waals surface area contributed by atoms with E-state index in [-0.39, 0.29) is 23.4 Å². The summed E-state index contributed by atoms with van der Waals surface area (Å²) in [4.78, 5) is 42.6. The Balaban J connectivity index is 1.46. The lowest BCUT2D eigenvalue weighted by Gasteiger charge is -2.23. The molecule has 8 heteroatoms. The fraction of sp³-hybridized carbons (Fsp3) is 0.520. The maximum absolute atomic E-state index is 13.3. The Morgan fingerprint density at radius 2 is 1.91 bits per heavy atom. The van der Waals surface area contributed by atoms with Crippen molar-refractivity contribution in [3.05, 3.63) is 53.3 Å². The summed E-state index contributed by atoms with van der Waals surface area (Å²) in [5, 5.41) is 7.44. The Kier molecular flexibility index (Phi) is 7.11. The summed E-state index contributed by atoms with van der Waals surface area (Å²) in [5.74, 6) is 0.00531. The molecule has 1 saturated heterocycles. The number of amides is 3. The fourth-order valence-electron chi connectivity index (χ4n) is 4.52. The number of benzene rings is 1. The minimum absolute atomic E-state index is 0.104. The normalized spacial score (nSPS) is 18.4. The smallest absolute Gasteiger partial charge is 0.275 e. The third-order valence-corrected chi connectivity index (χ3v) is 6.36. The first-order chi connectivity index (χ1) is 15.9. The minimum atomic E-state index is -0.476. The number of fused-ring (bicyclic) bond motifs is 1. The number of nitrogens with one attached hydrogen (secondary N) is 1. The van der Waals surface area contributed by atoms with Crippen LogP contribution in [-0.4, -0.2) is 63.0 Å². The van der Waals surface area contributed by atoms with E-state index in [1.807, 2.05) is 35.2 Å². The number of carbonyl (C=O) groups excluding carboxylic acids is 3. The monoisotopic (exact) mass is 451 g/mol. The molecule has 0 saturated carbocycles. The van der Waals surface area contributed by atoms with Gasteiger partial charge in [-0.25, -0.2) is 0 Å². The van der Waals surface area contributed by atoms with Crippen molar-refractivity contribution in [1.82, 2.24) is 24.9 Å². The lowest BCUT2D eigenvalue weighted by molar-refractivity contribution is -0.124. The summed E-state index contributed by atoms with van der Waals surface area (Å²) in [6.07, 6.45) is 3.11. The zero-order valence-corrected chi connectivity index (χ0v) is 19.5. The van der Waals surface area contributed by atoms with Gasteiger partial charge in [-0.05, 0) is 37.2 Å². The number of hydrogen-bond acceptors (Lipinski definition) is 4. The second kappa shape index (κ2) is 10.2. The van der Waals surface area contributed by atoms with Gasteiger partial charge in [-0.15, -0.1) is 0 Å². The van der Waals surface area contributed by atoms with Crippen molar-refractivity contribution in [1.29, 1.82) is 0 Å². The highest BCUT2D eigenvalue weighted by molar-refractivity contribution is 6.00. The molecule has 2 aliphatic heterocycles. The lowest BCUT2D eigenvalue weighted by Crippen LogP contribution is -2.46. The molecule has 1 aromatic carbocycles. The van der Waals surface area contributed by atoms with E-state index in [1.165, 1.54) is 0 Å². The van der Waals surface area contributed by atoms with E-state index >= 15 is 0 Å². The van der Waals surface area contributed by atoms with Crippen LogP contribution in [0.1, 0.15) is 66.1 Å². The second-order valence-electron chi connectivity index (χ2n) is 9.33. The van der Waals surface area contributed by atoms with Gasteiger partial charge in [-0.1, -0.05) is 44.2 Å². The molecule has 0 aliphatic carbocycles. The molecule has 3 amide bonds. The van der Waals surface area contributed by atoms with Crippen LogP contribution in [0.25, 0.3) is 0 Å². The average molecular weight is 452 g/mol. The molecular formula is C25H33N5O3. The molecule has 0 unspecified atom stereocenters. The van der Waals surface area contributed by atoms with Crippen molar-refractivity contribution < 1.29 is 14.4 Å². The number of aromatic nitrogens is 2. The van der Waals surface area contributed by atoms with Crippen molar-refractivity contribution >= 4 is 17.7 Å². The van der Waals surface area contributed by atoms with Gasteiger partial charge in [0.2, 0.25) is 5.91 Å². The quantitative estimate of drug-likeness (QED) is 0.701. The first-order valence-electron chi connectivity index (χ1n) is 11.9. The Bertz CT molecular complexity index is 1000. The van der Waals surface area contributed by atoms with Crippen molar-refractivity contribution in [2.75, 3.05) is 19.6 Å². The van der Waals surface area contributed by atoms with Crippen LogP contribution in [0.15, 0.2) is 36.4 Å². The number of aryl methyl sites for hydroxylation is 1. The lowest BCUT2D eigenvalue weighted by atomic mass is 10.1. The van der Waals surface area contributed by atoms with Crippen LogP contribution in [0.4, 0.5) is 0 Å². The maximum Gasteiger partial charge on any atom is 0.275 e. The van der Waals surface area contributed by atoms with E-state index in [2.05, 4.69) is 24.3 Å². The Morgan fingerprint density at radius 1 is 1.12 bits per heavy atom. The molecule has 2 aliphatic rings. The predicted octanol–water partition coefficient (Wildman–Crippen LogP) is 2.70. The molecule has 0 spiro atoms. The predicted molar refractivity (Wildman–Crippen MR) is 125 cm³/mol. The molecule has 0 radical (unpaired) electrons. The Hall–Kier alpha value is -3.16. The van der Waals surface area contributed by atoms with Crippen LogP contribution in [0.3, 0.4) is 0 Å². The summed E-state index contributed by atoms with van der Waals surface area (Å²) in [6.45, 7) is 7.12. The minimum Gasteiger partial charge on any atom is -0.354 e. The number of carbonyl (C=O) groups is 3. The van der Waals surface area contributed by atoms with E-state index in [4.69, 9.17) is 0 Å². The van der Waals surface area contributed by atoms with E-state index < -0.39 is 6.04 Å². The van der Waals surface area contributed by atoms with E-state index in [1.54, 1.807) is 15.6 Å². The summed E-state index contributed by atoms with van der Waals surface area (Å²) < 4.78 is 1.65. The summed E-state index contributed by atoms with van der Waals surface area (Å²) >= 11 is 0. The largest absolute Gasteiger partial charge is 0.354 e. The standard InChI is InChI=1S/C25H33N5O3/c1-18(2)11-12-26-23(31)21-10-6-14-29(21)24(32)20-16-22-25(33)28(13-7-15-30(22)27-20)17-19-8-4-3-5-9-19/h3-5,8-9,16,18,21H,6-7,10-15,17H2,1-2H3,(H,26,31)/t21-/m1/s1. The molecule has 3 heterocycles. The van der Waals surface area contributed by atoms with Gasteiger partial charge in [0.05, 0.1) is 0 Å². The Labute approximate surface area is 194 Å². The molecule has 4 rings (SSSR count). The van der Waals surface area contributed by atoms with Crippen LogP contribution in [0.2, 0.25) is 0 Å². The van der Waals surface area contributed by atoms with E-state index in [0.29, 0.717) is 50.8 Å². The van der Waals surface area contributed by atoms with Crippen molar-refractivity contribution in [2.24, 2.45) is 5.92 Å². The van der Waals surface area contributed by atoms with E-state index in [0.717, 1.165) is 24.8 Å². The SMILES string of the molecule is CC(C)CCNC(=O)[C@H]1CCCN1C(=O)c1cc2n(n1)CCCN(Cc1ccccc1)C2=O. The molecule has 1 atom stereocenters. The molecule has 176 valence electrons. The summed E-state index contributed by atoms with van der Waals surface area (Å²) in [6, 6.07) is 11.0.